The topological polar surface area (TPSA) is 70.8 Å². The van der Waals surface area contributed by atoms with E-state index < -0.39 is 0 Å². The summed E-state index contributed by atoms with van der Waals surface area (Å²) in [7, 11) is 1.68. The number of piperazine rings is 1. The molecule has 0 unspecified atom stereocenters. The number of rotatable bonds is 7. The second-order valence-electron chi connectivity index (χ2n) is 7.89. The van der Waals surface area contributed by atoms with Gasteiger partial charge in [-0.1, -0.05) is 47.1 Å². The molecule has 2 aromatic carbocycles. The monoisotopic (exact) mass is 420 g/mol. The van der Waals surface area contributed by atoms with Crippen molar-refractivity contribution in [2.24, 2.45) is 0 Å². The van der Waals surface area contributed by atoms with Gasteiger partial charge in [0, 0.05) is 44.4 Å². The average Bonchev–Trinajstić information content (AvgIpc) is 3.24. The number of aryl methyl sites for hydroxylation is 1. The lowest BCUT2D eigenvalue weighted by molar-refractivity contribution is -0.117. The molecule has 4 rings (SSSR count). The molecule has 31 heavy (non-hydrogen) atoms. The van der Waals surface area contributed by atoms with Gasteiger partial charge in [0.1, 0.15) is 11.4 Å². The number of carbonyl (C=O) groups excluding carboxylic acids is 1. The zero-order valence-electron chi connectivity index (χ0n) is 18.0. The van der Waals surface area contributed by atoms with Gasteiger partial charge in [0.25, 0.3) is 0 Å². The van der Waals surface area contributed by atoms with Crippen LogP contribution in [0.4, 0.5) is 5.88 Å². The number of methoxy groups -OCH3 is 1. The van der Waals surface area contributed by atoms with Gasteiger partial charge < -0.3 is 9.26 Å². The van der Waals surface area contributed by atoms with E-state index in [1.165, 1.54) is 11.1 Å². The summed E-state index contributed by atoms with van der Waals surface area (Å²) in [6, 6.07) is 18.0. The van der Waals surface area contributed by atoms with Crippen LogP contribution in [0.5, 0.6) is 5.75 Å². The summed E-state index contributed by atoms with van der Waals surface area (Å²) in [6.07, 6.45) is 0. The molecule has 1 amide bonds. The van der Waals surface area contributed by atoms with E-state index >= 15 is 0 Å². The number of nitrogens with one attached hydrogen (secondary N) is 1. The number of nitrogens with zero attached hydrogens (tertiary/aromatic N) is 3. The van der Waals surface area contributed by atoms with Crippen LogP contribution in [0.3, 0.4) is 0 Å². The van der Waals surface area contributed by atoms with E-state index in [4.69, 9.17) is 9.26 Å². The van der Waals surface area contributed by atoms with E-state index in [0.29, 0.717) is 18.1 Å². The second kappa shape index (κ2) is 9.76. The van der Waals surface area contributed by atoms with Crippen LogP contribution in [0.15, 0.2) is 59.1 Å². The third-order valence-electron chi connectivity index (χ3n) is 5.52. The van der Waals surface area contributed by atoms with Crippen molar-refractivity contribution in [2.75, 3.05) is 45.2 Å². The molecule has 1 aromatic heterocycles. The number of ether oxygens (including phenoxy) is 1. The van der Waals surface area contributed by atoms with E-state index in [2.05, 4.69) is 32.4 Å². The van der Waals surface area contributed by atoms with Crippen LogP contribution in [-0.4, -0.2) is 60.7 Å². The van der Waals surface area contributed by atoms with Crippen LogP contribution in [0.25, 0.3) is 11.3 Å². The van der Waals surface area contributed by atoms with Gasteiger partial charge in [-0.3, -0.25) is 19.9 Å². The highest BCUT2D eigenvalue weighted by Crippen LogP contribution is 2.22. The molecule has 0 spiro atoms. The lowest BCUT2D eigenvalue weighted by Crippen LogP contribution is -2.48. The quantitative estimate of drug-likeness (QED) is 0.632. The summed E-state index contributed by atoms with van der Waals surface area (Å²) in [6.45, 7) is 6.86. The highest BCUT2D eigenvalue weighted by molar-refractivity contribution is 5.91. The first kappa shape index (κ1) is 21.1. The van der Waals surface area contributed by atoms with Gasteiger partial charge in [-0.2, -0.15) is 0 Å². The normalized spacial score (nSPS) is 15.0. The molecule has 1 saturated heterocycles. The first-order valence-corrected chi connectivity index (χ1v) is 10.5. The minimum Gasteiger partial charge on any atom is -0.497 e. The number of aromatic nitrogens is 1. The van der Waals surface area contributed by atoms with Crippen molar-refractivity contribution in [1.82, 2.24) is 15.0 Å². The number of benzene rings is 2. The second-order valence-corrected chi connectivity index (χ2v) is 7.89. The van der Waals surface area contributed by atoms with Gasteiger partial charge in [-0.05, 0) is 24.6 Å². The summed E-state index contributed by atoms with van der Waals surface area (Å²) in [5, 5.41) is 6.88. The third-order valence-corrected chi connectivity index (χ3v) is 5.52. The SMILES string of the molecule is COc1ccc(CN2CCN(CC(=O)Nc3cc(-c4ccc(C)cc4)no3)CC2)cc1. The van der Waals surface area contributed by atoms with Crippen LogP contribution in [0, 0.1) is 6.92 Å². The predicted octanol–water partition coefficient (Wildman–Crippen LogP) is 3.41. The standard InChI is InChI=1S/C24H28N4O3/c1-18-3-7-20(8-4-18)22-15-24(31-26-22)25-23(29)17-28-13-11-27(12-14-28)16-19-5-9-21(30-2)10-6-19/h3-10,15H,11-14,16-17H2,1-2H3,(H,25,29). The van der Waals surface area contributed by atoms with Gasteiger partial charge in [0.2, 0.25) is 11.8 Å². The van der Waals surface area contributed by atoms with Crippen LogP contribution >= 0.6 is 0 Å². The Hall–Kier alpha value is -3.16. The molecule has 0 bridgehead atoms. The fourth-order valence-electron chi connectivity index (χ4n) is 3.67. The van der Waals surface area contributed by atoms with Gasteiger partial charge in [0.05, 0.1) is 13.7 Å². The number of amides is 1. The predicted molar refractivity (Wildman–Crippen MR) is 120 cm³/mol. The minimum absolute atomic E-state index is 0.0878. The van der Waals surface area contributed by atoms with Crippen LogP contribution in [0.1, 0.15) is 11.1 Å². The molecule has 1 fully saturated rings. The maximum Gasteiger partial charge on any atom is 0.240 e. The van der Waals surface area contributed by atoms with Crippen LogP contribution in [0.2, 0.25) is 0 Å². The molecule has 0 radical (unpaired) electrons. The van der Waals surface area contributed by atoms with Crippen LogP contribution < -0.4 is 10.1 Å². The number of anilines is 1. The zero-order valence-corrected chi connectivity index (χ0v) is 18.0. The lowest BCUT2D eigenvalue weighted by atomic mass is 10.1. The molecule has 3 aromatic rings. The average molecular weight is 421 g/mol. The maximum absolute atomic E-state index is 12.4. The molecule has 162 valence electrons. The lowest BCUT2D eigenvalue weighted by Gasteiger charge is -2.34. The Kier molecular flexibility index (Phi) is 6.64. The highest BCUT2D eigenvalue weighted by atomic mass is 16.5. The van der Waals surface area contributed by atoms with Crippen molar-refractivity contribution in [2.45, 2.75) is 13.5 Å². The minimum atomic E-state index is -0.0878. The van der Waals surface area contributed by atoms with Gasteiger partial charge in [-0.15, -0.1) is 0 Å². The van der Waals surface area contributed by atoms with Crippen molar-refractivity contribution in [3.63, 3.8) is 0 Å². The van der Waals surface area contributed by atoms with Crippen molar-refractivity contribution < 1.29 is 14.1 Å². The van der Waals surface area contributed by atoms with E-state index in [-0.39, 0.29) is 5.91 Å². The Bertz CT molecular complexity index is 990. The Morgan fingerprint density at radius 3 is 2.39 bits per heavy atom. The zero-order chi connectivity index (χ0) is 21.6. The van der Waals surface area contributed by atoms with Crippen LogP contribution in [-0.2, 0) is 11.3 Å². The third kappa shape index (κ3) is 5.71. The Balaban J connectivity index is 1.22. The molecule has 7 heteroatoms. The first-order chi connectivity index (χ1) is 15.1. The van der Waals surface area contributed by atoms with Gasteiger partial charge >= 0.3 is 0 Å². The largest absolute Gasteiger partial charge is 0.497 e. The van der Waals surface area contributed by atoms with Gasteiger partial charge in [-0.25, -0.2) is 0 Å². The molecule has 0 saturated carbocycles. The van der Waals surface area contributed by atoms with E-state index in [1.54, 1.807) is 13.2 Å². The van der Waals surface area contributed by atoms with Crippen molar-refractivity contribution in [1.29, 1.82) is 0 Å². The number of hydrogen-bond acceptors (Lipinski definition) is 6. The smallest absolute Gasteiger partial charge is 0.240 e. The molecule has 0 aliphatic carbocycles. The molecule has 7 nitrogen and oxygen atoms in total. The summed E-state index contributed by atoms with van der Waals surface area (Å²) in [4.78, 5) is 17.0. The molecule has 0 atom stereocenters. The molecular weight excluding hydrogens is 392 g/mol. The number of carbonyl (C=O) groups is 1. The Morgan fingerprint density at radius 1 is 1.03 bits per heavy atom. The fraction of sp³-hybridized carbons (Fsp3) is 0.333. The van der Waals surface area contributed by atoms with E-state index in [1.807, 2.05) is 43.3 Å². The van der Waals surface area contributed by atoms with E-state index in [9.17, 15) is 4.79 Å². The summed E-state index contributed by atoms with van der Waals surface area (Å²) in [5.41, 5.74) is 4.12. The highest BCUT2D eigenvalue weighted by Gasteiger charge is 2.20. The molecular formula is C24H28N4O3. The fourth-order valence-corrected chi connectivity index (χ4v) is 3.67. The Morgan fingerprint density at radius 2 is 1.71 bits per heavy atom. The number of hydrogen-bond donors (Lipinski definition) is 1. The van der Waals surface area contributed by atoms with Crippen molar-refractivity contribution in [3.05, 3.63) is 65.7 Å². The summed E-state index contributed by atoms with van der Waals surface area (Å²) < 4.78 is 10.5. The molecule has 2 heterocycles. The van der Waals surface area contributed by atoms with Gasteiger partial charge in [0.15, 0.2) is 0 Å². The molecule has 1 aliphatic rings. The van der Waals surface area contributed by atoms with Crippen molar-refractivity contribution in [3.8, 4) is 17.0 Å². The molecule has 1 N–H and O–H groups in total. The Labute approximate surface area is 182 Å². The first-order valence-electron chi connectivity index (χ1n) is 10.5. The maximum atomic E-state index is 12.4. The van der Waals surface area contributed by atoms with Crippen molar-refractivity contribution >= 4 is 11.8 Å². The summed E-state index contributed by atoms with van der Waals surface area (Å²) >= 11 is 0. The molecule has 1 aliphatic heterocycles. The summed E-state index contributed by atoms with van der Waals surface area (Å²) in [5.74, 6) is 1.16. The van der Waals surface area contributed by atoms with E-state index in [0.717, 1.165) is 44.0 Å².